The van der Waals surface area contributed by atoms with Crippen LogP contribution in [0.1, 0.15) is 53.0 Å². The predicted molar refractivity (Wildman–Crippen MR) is 95.7 cm³/mol. The Bertz CT molecular complexity index is 919. The van der Waals surface area contributed by atoms with E-state index in [1.165, 1.54) is 0 Å². The number of nitrogens with zero attached hydrogens (tertiary/aromatic N) is 3. The molecule has 0 radical (unpaired) electrons. The Kier molecular flexibility index (Phi) is 5.59. The molecule has 0 bridgehead atoms. The number of piperidine rings is 1. The maximum Gasteiger partial charge on any atom is 0.433 e. The highest BCUT2D eigenvalue weighted by molar-refractivity contribution is 5.92. The number of carbonyl (C=O) groups excluding carboxylic acids is 1. The molecule has 2 aromatic rings. The van der Waals surface area contributed by atoms with Crippen molar-refractivity contribution in [1.29, 1.82) is 0 Å². The minimum absolute atomic E-state index is 0.0209. The smallest absolute Gasteiger partial charge is 0.354 e. The first-order chi connectivity index (χ1) is 13.2. The summed E-state index contributed by atoms with van der Waals surface area (Å²) in [6.45, 7) is 0.745. The minimum atomic E-state index is -4.68. The van der Waals surface area contributed by atoms with E-state index in [1.807, 2.05) is 11.0 Å². The molecule has 152 valence electrons. The van der Waals surface area contributed by atoms with E-state index >= 15 is 0 Å². The van der Waals surface area contributed by atoms with Gasteiger partial charge in [0.1, 0.15) is 11.5 Å². The highest BCUT2D eigenvalue weighted by Crippen LogP contribution is 2.33. The standard InChI is InChI=1S/C18H22F3N5O2/c1-22-17(28)13-7-6-11(25(13)2)12-5-3-4-8-26(12)10-15-23-14(18(19,20)21)9-16(27)24-15/h6-7,9,12H,3-5,8,10H2,1-2H3,(H,22,28)(H,23,24,27)/t12-/m0/s1. The van der Waals surface area contributed by atoms with Crippen LogP contribution in [-0.2, 0) is 19.8 Å². The van der Waals surface area contributed by atoms with Gasteiger partial charge in [-0.15, -0.1) is 0 Å². The third kappa shape index (κ3) is 4.11. The highest BCUT2D eigenvalue weighted by atomic mass is 19.4. The van der Waals surface area contributed by atoms with Crippen molar-refractivity contribution in [3.05, 3.63) is 51.5 Å². The van der Waals surface area contributed by atoms with Crippen LogP contribution in [0.25, 0.3) is 0 Å². The molecule has 1 saturated heterocycles. The van der Waals surface area contributed by atoms with Crippen LogP contribution in [0.4, 0.5) is 13.2 Å². The maximum absolute atomic E-state index is 13.0. The molecule has 1 aliphatic rings. The first kappa shape index (κ1) is 20.1. The lowest BCUT2D eigenvalue weighted by Gasteiger charge is -2.35. The molecule has 3 rings (SSSR count). The molecule has 1 atom stereocenters. The van der Waals surface area contributed by atoms with Crippen molar-refractivity contribution in [3.63, 3.8) is 0 Å². The second kappa shape index (κ2) is 7.78. The Morgan fingerprint density at radius 1 is 1.36 bits per heavy atom. The van der Waals surface area contributed by atoms with Crippen LogP contribution in [0.3, 0.4) is 0 Å². The summed E-state index contributed by atoms with van der Waals surface area (Å²) in [5.41, 5.74) is -0.617. The molecule has 1 aliphatic heterocycles. The maximum atomic E-state index is 13.0. The fourth-order valence-electron chi connectivity index (χ4n) is 3.65. The Labute approximate surface area is 159 Å². The number of nitrogens with one attached hydrogen (secondary N) is 2. The van der Waals surface area contributed by atoms with E-state index in [4.69, 9.17) is 0 Å². The Morgan fingerprint density at radius 2 is 2.11 bits per heavy atom. The summed E-state index contributed by atoms with van der Waals surface area (Å²) in [6.07, 6.45) is -2.01. The van der Waals surface area contributed by atoms with Crippen molar-refractivity contribution in [2.75, 3.05) is 13.6 Å². The Hall–Kier alpha value is -2.62. The van der Waals surface area contributed by atoms with Crippen molar-refractivity contribution in [1.82, 2.24) is 24.8 Å². The van der Waals surface area contributed by atoms with Gasteiger partial charge in [0.15, 0.2) is 5.69 Å². The molecular formula is C18H22F3N5O2. The van der Waals surface area contributed by atoms with E-state index in [-0.39, 0.29) is 24.3 Å². The van der Waals surface area contributed by atoms with Gasteiger partial charge in [-0.3, -0.25) is 14.5 Å². The van der Waals surface area contributed by atoms with Gasteiger partial charge >= 0.3 is 6.18 Å². The number of aromatic amines is 1. The fourth-order valence-corrected chi connectivity index (χ4v) is 3.65. The first-order valence-electron chi connectivity index (χ1n) is 9.00. The molecule has 0 spiro atoms. The van der Waals surface area contributed by atoms with E-state index < -0.39 is 17.4 Å². The number of hydrogen-bond donors (Lipinski definition) is 2. The van der Waals surface area contributed by atoms with Crippen molar-refractivity contribution >= 4 is 5.91 Å². The molecule has 1 fully saturated rings. The number of halogens is 3. The lowest BCUT2D eigenvalue weighted by atomic mass is 9.99. The van der Waals surface area contributed by atoms with Crippen molar-refractivity contribution < 1.29 is 18.0 Å². The SMILES string of the molecule is CNC(=O)c1ccc([C@@H]2CCCCN2Cc2nc(C(F)(F)F)cc(=O)[nH]2)n1C. The largest absolute Gasteiger partial charge is 0.433 e. The van der Waals surface area contributed by atoms with Crippen LogP contribution in [0.2, 0.25) is 0 Å². The topological polar surface area (TPSA) is 83.0 Å². The predicted octanol–water partition coefficient (Wildman–Crippen LogP) is 2.21. The summed E-state index contributed by atoms with van der Waals surface area (Å²) in [6, 6.07) is 3.96. The summed E-state index contributed by atoms with van der Waals surface area (Å²) in [5, 5.41) is 2.59. The van der Waals surface area contributed by atoms with E-state index in [0.717, 1.165) is 25.0 Å². The number of H-pyrrole nitrogens is 1. The van der Waals surface area contributed by atoms with Crippen LogP contribution in [-0.4, -0.2) is 38.9 Å². The van der Waals surface area contributed by atoms with Crippen LogP contribution >= 0.6 is 0 Å². The van der Waals surface area contributed by atoms with E-state index in [1.54, 1.807) is 24.7 Å². The van der Waals surface area contributed by atoms with Gasteiger partial charge in [0.2, 0.25) is 0 Å². The van der Waals surface area contributed by atoms with Crippen molar-refractivity contribution in [2.45, 2.75) is 38.0 Å². The van der Waals surface area contributed by atoms with Gasteiger partial charge in [0, 0.05) is 25.9 Å². The number of alkyl halides is 3. The van der Waals surface area contributed by atoms with Crippen LogP contribution in [0, 0.1) is 0 Å². The van der Waals surface area contributed by atoms with Gasteiger partial charge in [-0.2, -0.15) is 13.2 Å². The Morgan fingerprint density at radius 3 is 2.79 bits per heavy atom. The molecular weight excluding hydrogens is 375 g/mol. The second-order valence-corrected chi connectivity index (χ2v) is 6.84. The van der Waals surface area contributed by atoms with E-state index in [9.17, 15) is 22.8 Å². The number of rotatable bonds is 4. The summed E-state index contributed by atoms with van der Waals surface area (Å²) < 4.78 is 40.7. The third-order valence-electron chi connectivity index (χ3n) is 5.01. The summed E-state index contributed by atoms with van der Waals surface area (Å²) >= 11 is 0. The van der Waals surface area contributed by atoms with Crippen molar-refractivity contribution in [3.8, 4) is 0 Å². The quantitative estimate of drug-likeness (QED) is 0.829. The van der Waals surface area contributed by atoms with Gasteiger partial charge in [-0.05, 0) is 31.5 Å². The van der Waals surface area contributed by atoms with Gasteiger partial charge in [-0.25, -0.2) is 4.98 Å². The van der Waals surface area contributed by atoms with E-state index in [2.05, 4.69) is 15.3 Å². The number of amides is 1. The second-order valence-electron chi connectivity index (χ2n) is 6.84. The molecule has 28 heavy (non-hydrogen) atoms. The van der Waals surface area contributed by atoms with Crippen LogP contribution in [0.5, 0.6) is 0 Å². The fraction of sp³-hybridized carbons (Fsp3) is 0.500. The van der Waals surface area contributed by atoms with Gasteiger partial charge in [0.05, 0.1) is 12.6 Å². The number of carbonyl (C=O) groups is 1. The average molecular weight is 397 g/mol. The Balaban J connectivity index is 1.89. The molecule has 0 unspecified atom stereocenters. The van der Waals surface area contributed by atoms with E-state index in [0.29, 0.717) is 18.3 Å². The normalized spacial score (nSPS) is 18.2. The molecule has 0 saturated carbocycles. The lowest BCUT2D eigenvalue weighted by Crippen LogP contribution is -2.35. The van der Waals surface area contributed by atoms with Crippen molar-refractivity contribution in [2.24, 2.45) is 7.05 Å². The summed E-state index contributed by atoms with van der Waals surface area (Å²) in [5.74, 6) is -0.229. The monoisotopic (exact) mass is 397 g/mol. The molecule has 3 heterocycles. The number of hydrogen-bond acceptors (Lipinski definition) is 4. The molecule has 1 amide bonds. The number of likely N-dealkylation sites (tertiary alicyclic amines) is 1. The average Bonchev–Trinajstić information content (AvgIpc) is 3.01. The lowest BCUT2D eigenvalue weighted by molar-refractivity contribution is -0.141. The van der Waals surface area contributed by atoms with Gasteiger partial charge in [-0.1, -0.05) is 6.42 Å². The molecule has 7 nitrogen and oxygen atoms in total. The zero-order valence-corrected chi connectivity index (χ0v) is 15.6. The molecule has 2 aromatic heterocycles. The molecule has 10 heteroatoms. The minimum Gasteiger partial charge on any atom is -0.354 e. The van der Waals surface area contributed by atoms with Gasteiger partial charge < -0.3 is 14.9 Å². The number of aromatic nitrogens is 3. The third-order valence-corrected chi connectivity index (χ3v) is 5.01. The highest BCUT2D eigenvalue weighted by Gasteiger charge is 2.34. The van der Waals surface area contributed by atoms with Gasteiger partial charge in [0.25, 0.3) is 11.5 Å². The van der Waals surface area contributed by atoms with Crippen LogP contribution < -0.4 is 10.9 Å². The summed E-state index contributed by atoms with van der Waals surface area (Å²) in [4.78, 5) is 31.6. The molecule has 0 aliphatic carbocycles. The first-order valence-corrected chi connectivity index (χ1v) is 9.00. The van der Waals surface area contributed by atoms with Crippen LogP contribution in [0.15, 0.2) is 23.0 Å². The molecule has 2 N–H and O–H groups in total. The molecule has 0 aromatic carbocycles. The zero-order valence-electron chi connectivity index (χ0n) is 15.6. The summed E-state index contributed by atoms with van der Waals surface area (Å²) in [7, 11) is 3.34. The zero-order chi connectivity index (χ0) is 20.5.